The standard InChI is InChI=1S/C20H17ClFN7/c1-12-9-18(16(22)10-14(12)17-5-3-4-7-23-17)26-20-24-11-15(21)19(27-20)28-29-13(2)6-8-25-29/h3-11H,1-2H3,(H2,24,26,27,28). The zero-order valence-corrected chi connectivity index (χ0v) is 16.4. The van der Waals surface area contributed by atoms with E-state index in [1.807, 2.05) is 38.1 Å². The van der Waals surface area contributed by atoms with E-state index in [2.05, 4.69) is 30.8 Å². The third kappa shape index (κ3) is 4.02. The molecule has 146 valence electrons. The number of rotatable bonds is 5. The van der Waals surface area contributed by atoms with E-state index < -0.39 is 5.82 Å². The monoisotopic (exact) mass is 409 g/mol. The van der Waals surface area contributed by atoms with Crippen LogP contribution < -0.4 is 10.7 Å². The quantitative estimate of drug-likeness (QED) is 0.494. The maximum absolute atomic E-state index is 14.7. The number of aromatic nitrogens is 5. The third-order valence-corrected chi connectivity index (χ3v) is 4.57. The number of aryl methyl sites for hydroxylation is 2. The highest BCUT2D eigenvalue weighted by Crippen LogP contribution is 2.29. The van der Waals surface area contributed by atoms with Crippen LogP contribution in [-0.4, -0.2) is 24.8 Å². The molecule has 7 nitrogen and oxygen atoms in total. The van der Waals surface area contributed by atoms with Crippen molar-refractivity contribution in [2.45, 2.75) is 13.8 Å². The number of nitrogens with zero attached hydrogens (tertiary/aromatic N) is 5. The summed E-state index contributed by atoms with van der Waals surface area (Å²) in [7, 11) is 0. The van der Waals surface area contributed by atoms with Gasteiger partial charge in [-0.3, -0.25) is 10.4 Å². The van der Waals surface area contributed by atoms with E-state index in [9.17, 15) is 4.39 Å². The summed E-state index contributed by atoms with van der Waals surface area (Å²) in [6.45, 7) is 3.78. The van der Waals surface area contributed by atoms with Crippen molar-refractivity contribution >= 4 is 29.1 Å². The first kappa shape index (κ1) is 18.8. The van der Waals surface area contributed by atoms with E-state index in [1.54, 1.807) is 18.5 Å². The molecule has 9 heteroatoms. The van der Waals surface area contributed by atoms with Gasteiger partial charge < -0.3 is 5.32 Å². The molecule has 4 aromatic rings. The molecule has 0 saturated carbocycles. The van der Waals surface area contributed by atoms with Gasteiger partial charge in [0.15, 0.2) is 5.82 Å². The average molecular weight is 410 g/mol. The molecule has 0 radical (unpaired) electrons. The lowest BCUT2D eigenvalue weighted by Gasteiger charge is -2.13. The van der Waals surface area contributed by atoms with Crippen molar-refractivity contribution in [2.75, 3.05) is 10.7 Å². The third-order valence-electron chi connectivity index (χ3n) is 4.29. The minimum atomic E-state index is -0.438. The van der Waals surface area contributed by atoms with Crippen molar-refractivity contribution in [3.05, 3.63) is 77.1 Å². The van der Waals surface area contributed by atoms with Crippen LogP contribution >= 0.6 is 11.6 Å². The van der Waals surface area contributed by atoms with Crippen molar-refractivity contribution in [3.8, 4) is 11.3 Å². The van der Waals surface area contributed by atoms with Gasteiger partial charge in [0.05, 0.1) is 29.5 Å². The molecule has 0 saturated heterocycles. The summed E-state index contributed by atoms with van der Waals surface area (Å²) < 4.78 is 14.7. The first-order valence-electron chi connectivity index (χ1n) is 8.80. The van der Waals surface area contributed by atoms with Gasteiger partial charge in [-0.2, -0.15) is 14.9 Å². The fraction of sp³-hybridized carbons (Fsp3) is 0.100. The Hall–Kier alpha value is -3.52. The summed E-state index contributed by atoms with van der Waals surface area (Å²) in [5.41, 5.74) is 6.41. The van der Waals surface area contributed by atoms with E-state index in [1.165, 1.54) is 17.1 Å². The van der Waals surface area contributed by atoms with Crippen molar-refractivity contribution in [2.24, 2.45) is 0 Å². The number of hydrogen-bond donors (Lipinski definition) is 2. The number of anilines is 3. The molecule has 0 bridgehead atoms. The highest BCUT2D eigenvalue weighted by molar-refractivity contribution is 6.32. The Morgan fingerprint density at radius 2 is 1.93 bits per heavy atom. The van der Waals surface area contributed by atoms with Gasteiger partial charge >= 0.3 is 0 Å². The number of hydrogen-bond acceptors (Lipinski definition) is 6. The fourth-order valence-corrected chi connectivity index (χ4v) is 2.92. The molecule has 0 atom stereocenters. The number of pyridine rings is 1. The zero-order chi connectivity index (χ0) is 20.4. The van der Waals surface area contributed by atoms with Crippen molar-refractivity contribution in [1.29, 1.82) is 0 Å². The van der Waals surface area contributed by atoms with Crippen LogP contribution in [0.4, 0.5) is 21.8 Å². The molecule has 29 heavy (non-hydrogen) atoms. The zero-order valence-electron chi connectivity index (χ0n) is 15.7. The Morgan fingerprint density at radius 3 is 2.66 bits per heavy atom. The van der Waals surface area contributed by atoms with Crippen LogP contribution in [0.2, 0.25) is 5.02 Å². The first-order chi connectivity index (χ1) is 14.0. The van der Waals surface area contributed by atoms with Crippen LogP contribution in [-0.2, 0) is 0 Å². The summed E-state index contributed by atoms with van der Waals surface area (Å²) in [5, 5.41) is 7.35. The van der Waals surface area contributed by atoms with Crippen LogP contribution in [0.5, 0.6) is 0 Å². The maximum atomic E-state index is 14.7. The van der Waals surface area contributed by atoms with Gasteiger partial charge in [0.25, 0.3) is 0 Å². The Labute approximate surface area is 171 Å². The molecule has 0 fully saturated rings. The fourth-order valence-electron chi connectivity index (χ4n) is 2.79. The molecule has 0 spiro atoms. The largest absolute Gasteiger partial charge is 0.322 e. The van der Waals surface area contributed by atoms with E-state index in [0.29, 0.717) is 16.5 Å². The van der Waals surface area contributed by atoms with Gasteiger partial charge in [-0.15, -0.1) is 0 Å². The van der Waals surface area contributed by atoms with Crippen molar-refractivity contribution in [3.63, 3.8) is 0 Å². The molecule has 0 unspecified atom stereocenters. The second-order valence-electron chi connectivity index (χ2n) is 6.37. The lowest BCUT2D eigenvalue weighted by Crippen LogP contribution is -2.14. The summed E-state index contributed by atoms with van der Waals surface area (Å²) >= 11 is 6.18. The second-order valence-corrected chi connectivity index (χ2v) is 6.78. The molecule has 0 aliphatic heterocycles. The van der Waals surface area contributed by atoms with Gasteiger partial charge in [0, 0.05) is 11.8 Å². The Balaban J connectivity index is 1.62. The molecule has 3 heterocycles. The predicted octanol–water partition coefficient (Wildman–Crippen LogP) is 4.76. The van der Waals surface area contributed by atoms with E-state index in [-0.39, 0.29) is 11.6 Å². The first-order valence-corrected chi connectivity index (χ1v) is 9.18. The molecule has 1 aromatic carbocycles. The average Bonchev–Trinajstić information content (AvgIpc) is 3.12. The molecular weight excluding hydrogens is 393 g/mol. The predicted molar refractivity (Wildman–Crippen MR) is 111 cm³/mol. The minimum absolute atomic E-state index is 0.200. The normalized spacial score (nSPS) is 10.8. The smallest absolute Gasteiger partial charge is 0.229 e. The van der Waals surface area contributed by atoms with Crippen LogP contribution in [0.3, 0.4) is 0 Å². The van der Waals surface area contributed by atoms with Gasteiger partial charge in [0.1, 0.15) is 10.8 Å². The lowest BCUT2D eigenvalue weighted by atomic mass is 10.0. The van der Waals surface area contributed by atoms with Crippen LogP contribution in [0.1, 0.15) is 11.3 Å². The van der Waals surface area contributed by atoms with Gasteiger partial charge in [-0.1, -0.05) is 17.7 Å². The van der Waals surface area contributed by atoms with Gasteiger partial charge in [-0.25, -0.2) is 9.37 Å². The highest BCUT2D eigenvalue weighted by atomic mass is 35.5. The molecular formula is C20H17ClFN7. The molecule has 0 aliphatic rings. The summed E-state index contributed by atoms with van der Waals surface area (Å²) in [4.78, 5) is 14.3. The number of halogens is 2. The van der Waals surface area contributed by atoms with Gasteiger partial charge in [-0.05, 0) is 49.7 Å². The Kier molecular flexibility index (Phi) is 5.09. The lowest BCUT2D eigenvalue weighted by molar-refractivity contribution is 0.631. The van der Waals surface area contributed by atoms with Gasteiger partial charge in [0.2, 0.25) is 5.95 Å². The second kappa shape index (κ2) is 7.84. The topological polar surface area (TPSA) is 80.5 Å². The van der Waals surface area contributed by atoms with E-state index >= 15 is 0 Å². The van der Waals surface area contributed by atoms with Crippen LogP contribution in [0, 0.1) is 19.7 Å². The summed E-state index contributed by atoms with van der Waals surface area (Å²) in [5.74, 6) is 0.107. The Bertz CT molecular complexity index is 1160. The number of benzene rings is 1. The Morgan fingerprint density at radius 1 is 1.07 bits per heavy atom. The SMILES string of the molecule is Cc1cc(Nc2ncc(Cl)c(Nn3nccc3C)n2)c(F)cc1-c1ccccn1. The molecule has 3 aromatic heterocycles. The van der Waals surface area contributed by atoms with E-state index in [0.717, 1.165) is 16.8 Å². The van der Waals surface area contributed by atoms with Crippen molar-refractivity contribution < 1.29 is 4.39 Å². The van der Waals surface area contributed by atoms with E-state index in [4.69, 9.17) is 11.6 Å². The highest BCUT2D eigenvalue weighted by Gasteiger charge is 2.13. The molecule has 2 N–H and O–H groups in total. The van der Waals surface area contributed by atoms with Crippen LogP contribution in [0.25, 0.3) is 11.3 Å². The molecule has 0 aliphatic carbocycles. The molecule has 4 rings (SSSR count). The number of nitrogens with one attached hydrogen (secondary N) is 2. The minimum Gasteiger partial charge on any atom is -0.322 e. The maximum Gasteiger partial charge on any atom is 0.229 e. The summed E-state index contributed by atoms with van der Waals surface area (Å²) in [6, 6.07) is 10.5. The summed E-state index contributed by atoms with van der Waals surface area (Å²) in [6.07, 6.45) is 4.76. The van der Waals surface area contributed by atoms with Crippen LogP contribution in [0.15, 0.2) is 55.0 Å². The molecule has 0 amide bonds. The van der Waals surface area contributed by atoms with Crippen molar-refractivity contribution in [1.82, 2.24) is 24.8 Å².